The smallest absolute Gasteiger partial charge is 0.272 e. The summed E-state index contributed by atoms with van der Waals surface area (Å²) in [5, 5.41) is 7.87. The molecule has 4 rings (SSSR count). The summed E-state index contributed by atoms with van der Waals surface area (Å²) in [6, 6.07) is 16.8. The minimum Gasteiger partial charge on any atom is -0.492 e. The molecule has 2 aromatic carbocycles. The largest absolute Gasteiger partial charge is 0.492 e. The van der Waals surface area contributed by atoms with Gasteiger partial charge in [-0.25, -0.2) is 4.68 Å². The van der Waals surface area contributed by atoms with Crippen molar-refractivity contribution in [2.45, 2.75) is 6.54 Å². The fourth-order valence-corrected chi connectivity index (χ4v) is 3.53. The molecule has 1 N–H and O–H groups in total. The molecule has 1 fully saturated rings. The van der Waals surface area contributed by atoms with Crippen molar-refractivity contribution in [3.05, 3.63) is 77.1 Å². The molecule has 0 atom stereocenters. The number of ether oxygens (including phenoxy) is 2. The molecular weight excluding hydrogens is 416 g/mol. The van der Waals surface area contributed by atoms with E-state index in [1.807, 2.05) is 36.4 Å². The predicted molar refractivity (Wildman–Crippen MR) is 119 cm³/mol. The molecule has 0 saturated carbocycles. The van der Waals surface area contributed by atoms with Gasteiger partial charge in [0, 0.05) is 37.4 Å². The summed E-state index contributed by atoms with van der Waals surface area (Å²) < 4.78 is 12.9. The second-order valence-corrected chi connectivity index (χ2v) is 7.69. The maximum absolute atomic E-state index is 12.5. The van der Waals surface area contributed by atoms with Gasteiger partial charge in [0.15, 0.2) is 5.69 Å². The molecule has 31 heavy (non-hydrogen) atoms. The quantitative estimate of drug-likeness (QED) is 0.582. The van der Waals surface area contributed by atoms with Crippen molar-refractivity contribution in [2.75, 3.05) is 39.5 Å². The van der Waals surface area contributed by atoms with Crippen LogP contribution in [0.2, 0.25) is 5.02 Å². The molecule has 7 nitrogen and oxygen atoms in total. The van der Waals surface area contributed by atoms with Crippen molar-refractivity contribution in [3.8, 4) is 11.4 Å². The Morgan fingerprint density at radius 1 is 1.13 bits per heavy atom. The number of benzene rings is 2. The highest BCUT2D eigenvalue weighted by Gasteiger charge is 2.11. The Morgan fingerprint density at radius 2 is 1.97 bits per heavy atom. The van der Waals surface area contributed by atoms with Crippen molar-refractivity contribution in [1.29, 1.82) is 0 Å². The Kier molecular flexibility index (Phi) is 7.19. The Balaban J connectivity index is 1.28. The van der Waals surface area contributed by atoms with E-state index in [2.05, 4.69) is 15.3 Å². The van der Waals surface area contributed by atoms with Gasteiger partial charge in [-0.2, -0.15) is 5.10 Å². The van der Waals surface area contributed by atoms with Crippen LogP contribution in [0.1, 0.15) is 16.1 Å². The maximum atomic E-state index is 12.5. The van der Waals surface area contributed by atoms with Gasteiger partial charge in [-0.15, -0.1) is 0 Å². The van der Waals surface area contributed by atoms with Crippen LogP contribution in [0.15, 0.2) is 60.8 Å². The van der Waals surface area contributed by atoms with Gasteiger partial charge in [-0.3, -0.25) is 9.69 Å². The minimum atomic E-state index is -0.237. The van der Waals surface area contributed by atoms with E-state index in [-0.39, 0.29) is 5.91 Å². The molecule has 0 spiro atoms. The van der Waals surface area contributed by atoms with Gasteiger partial charge in [0.25, 0.3) is 5.91 Å². The van der Waals surface area contributed by atoms with Crippen molar-refractivity contribution in [2.24, 2.45) is 0 Å². The Bertz CT molecular complexity index is 1020. The monoisotopic (exact) mass is 440 g/mol. The first kappa shape index (κ1) is 21.4. The van der Waals surface area contributed by atoms with Crippen LogP contribution in [0, 0.1) is 0 Å². The van der Waals surface area contributed by atoms with E-state index in [0.717, 1.165) is 49.8 Å². The van der Waals surface area contributed by atoms with Gasteiger partial charge in [0.1, 0.15) is 12.4 Å². The summed E-state index contributed by atoms with van der Waals surface area (Å²) in [6.45, 7) is 5.35. The maximum Gasteiger partial charge on any atom is 0.272 e. The molecule has 0 unspecified atom stereocenters. The van der Waals surface area contributed by atoms with Crippen LogP contribution in [0.25, 0.3) is 5.69 Å². The lowest BCUT2D eigenvalue weighted by molar-refractivity contribution is 0.0322. The molecule has 0 aliphatic carbocycles. The van der Waals surface area contributed by atoms with E-state index in [0.29, 0.717) is 23.9 Å². The first-order chi connectivity index (χ1) is 15.2. The van der Waals surface area contributed by atoms with E-state index in [9.17, 15) is 4.79 Å². The van der Waals surface area contributed by atoms with Gasteiger partial charge >= 0.3 is 0 Å². The number of hydrogen-bond donors (Lipinski definition) is 1. The lowest BCUT2D eigenvalue weighted by atomic mass is 10.2. The molecule has 8 heteroatoms. The van der Waals surface area contributed by atoms with E-state index >= 15 is 0 Å². The molecule has 0 bridgehead atoms. The number of carbonyl (C=O) groups excluding carboxylic acids is 1. The first-order valence-electron chi connectivity index (χ1n) is 10.3. The Hall–Kier alpha value is -2.87. The molecule has 162 valence electrons. The summed E-state index contributed by atoms with van der Waals surface area (Å²) in [5.74, 6) is 0.560. The fourth-order valence-electron chi connectivity index (χ4n) is 3.34. The van der Waals surface area contributed by atoms with E-state index in [1.165, 1.54) is 0 Å². The zero-order chi connectivity index (χ0) is 21.5. The third kappa shape index (κ3) is 6.07. The molecular formula is C23H25ClN4O3. The topological polar surface area (TPSA) is 68.6 Å². The van der Waals surface area contributed by atoms with Crippen molar-refractivity contribution >= 4 is 17.5 Å². The van der Waals surface area contributed by atoms with Crippen LogP contribution in [0.4, 0.5) is 0 Å². The lowest BCUT2D eigenvalue weighted by Crippen LogP contribution is -2.38. The van der Waals surface area contributed by atoms with Crippen molar-refractivity contribution in [1.82, 2.24) is 20.0 Å². The van der Waals surface area contributed by atoms with Crippen LogP contribution in [-0.2, 0) is 11.3 Å². The highest BCUT2D eigenvalue weighted by atomic mass is 35.5. The molecule has 1 aromatic heterocycles. The average molecular weight is 441 g/mol. The molecule has 0 radical (unpaired) electrons. The number of nitrogens with zero attached hydrogens (tertiary/aromatic N) is 3. The van der Waals surface area contributed by atoms with Crippen LogP contribution >= 0.6 is 11.6 Å². The van der Waals surface area contributed by atoms with Crippen LogP contribution in [0.5, 0.6) is 5.75 Å². The minimum absolute atomic E-state index is 0.237. The Labute approximate surface area is 186 Å². The van der Waals surface area contributed by atoms with Gasteiger partial charge in [-0.05, 0) is 42.0 Å². The summed E-state index contributed by atoms with van der Waals surface area (Å²) in [4.78, 5) is 14.8. The number of aromatic nitrogens is 2. The molecule has 1 amide bonds. The molecule has 1 aliphatic rings. The number of halogens is 1. The summed E-state index contributed by atoms with van der Waals surface area (Å²) in [6.07, 6.45) is 1.74. The predicted octanol–water partition coefficient (Wildman–Crippen LogP) is 3.17. The zero-order valence-corrected chi connectivity index (χ0v) is 17.9. The second kappa shape index (κ2) is 10.4. The number of morpholine rings is 1. The van der Waals surface area contributed by atoms with Crippen LogP contribution < -0.4 is 10.1 Å². The number of hydrogen-bond acceptors (Lipinski definition) is 5. The molecule has 1 saturated heterocycles. The van der Waals surface area contributed by atoms with Crippen molar-refractivity contribution in [3.63, 3.8) is 0 Å². The number of nitrogens with one attached hydrogen (secondary N) is 1. The SMILES string of the molecule is O=C(NCc1cccc(OCCN2CCOCC2)c1)c1ccn(-c2cccc(Cl)c2)n1. The third-order valence-corrected chi connectivity index (χ3v) is 5.26. The average Bonchev–Trinajstić information content (AvgIpc) is 3.29. The van der Waals surface area contributed by atoms with Crippen LogP contribution in [-0.4, -0.2) is 60.0 Å². The van der Waals surface area contributed by atoms with Crippen molar-refractivity contribution < 1.29 is 14.3 Å². The van der Waals surface area contributed by atoms with Crippen LogP contribution in [0.3, 0.4) is 0 Å². The number of carbonyl (C=O) groups is 1. The lowest BCUT2D eigenvalue weighted by Gasteiger charge is -2.26. The molecule has 2 heterocycles. The van der Waals surface area contributed by atoms with Gasteiger partial charge < -0.3 is 14.8 Å². The fraction of sp³-hybridized carbons (Fsp3) is 0.304. The highest BCUT2D eigenvalue weighted by Crippen LogP contribution is 2.15. The van der Waals surface area contributed by atoms with E-state index in [1.54, 1.807) is 29.1 Å². The second-order valence-electron chi connectivity index (χ2n) is 7.26. The summed E-state index contributed by atoms with van der Waals surface area (Å²) >= 11 is 6.03. The number of amides is 1. The first-order valence-corrected chi connectivity index (χ1v) is 10.7. The summed E-state index contributed by atoms with van der Waals surface area (Å²) in [5.41, 5.74) is 2.11. The standard InChI is InChI=1S/C23H25ClN4O3/c24-19-4-2-5-20(16-19)28-8-7-22(26-28)23(29)25-17-18-3-1-6-21(15-18)31-14-11-27-9-12-30-13-10-27/h1-8,15-16H,9-14,17H2,(H,25,29). The zero-order valence-electron chi connectivity index (χ0n) is 17.2. The van der Waals surface area contributed by atoms with Gasteiger partial charge in [0.05, 0.1) is 18.9 Å². The third-order valence-electron chi connectivity index (χ3n) is 5.03. The van der Waals surface area contributed by atoms with E-state index < -0.39 is 0 Å². The number of rotatable bonds is 8. The Morgan fingerprint density at radius 3 is 2.81 bits per heavy atom. The van der Waals surface area contributed by atoms with Gasteiger partial charge in [0.2, 0.25) is 0 Å². The molecule has 1 aliphatic heterocycles. The normalized spacial score (nSPS) is 14.4. The summed E-state index contributed by atoms with van der Waals surface area (Å²) in [7, 11) is 0. The molecule has 3 aromatic rings. The van der Waals surface area contributed by atoms with Gasteiger partial charge in [-0.1, -0.05) is 29.8 Å². The highest BCUT2D eigenvalue weighted by molar-refractivity contribution is 6.30. The van der Waals surface area contributed by atoms with E-state index in [4.69, 9.17) is 21.1 Å².